The summed E-state index contributed by atoms with van der Waals surface area (Å²) in [6.07, 6.45) is 8.20. The first-order chi connectivity index (χ1) is 9.61. The zero-order chi connectivity index (χ0) is 14.5. The lowest BCUT2D eigenvalue weighted by Crippen LogP contribution is -2.50. The molecule has 0 N–H and O–H groups in total. The summed E-state index contributed by atoms with van der Waals surface area (Å²) in [5.41, 5.74) is 0.745. The molecule has 0 aromatic carbocycles. The van der Waals surface area contributed by atoms with E-state index in [1.165, 1.54) is 45.6 Å². The zero-order valence-corrected chi connectivity index (χ0v) is 13.1. The molecule has 2 saturated heterocycles. The molecule has 0 radical (unpaired) electrons. The Morgan fingerprint density at radius 3 is 2.45 bits per heavy atom. The van der Waals surface area contributed by atoms with Crippen LogP contribution in [-0.4, -0.2) is 48.1 Å². The Labute approximate surface area is 123 Å². The first kappa shape index (κ1) is 15.7. The summed E-state index contributed by atoms with van der Waals surface area (Å²) < 4.78 is 13.3. The van der Waals surface area contributed by atoms with E-state index in [1.807, 2.05) is 0 Å². The van der Waals surface area contributed by atoms with Gasteiger partial charge in [-0.3, -0.25) is 9.80 Å². The minimum Gasteiger partial charge on any atom is -0.299 e. The van der Waals surface area contributed by atoms with Crippen LogP contribution < -0.4 is 0 Å². The quantitative estimate of drug-likeness (QED) is 0.724. The SMILES string of the molecule is C=C/C(CN1CCC(N2CCCCC2C)CC1)=C(\C)F. The topological polar surface area (TPSA) is 6.48 Å². The lowest BCUT2D eigenvalue weighted by molar-refractivity contribution is 0.0600. The summed E-state index contributed by atoms with van der Waals surface area (Å²) in [7, 11) is 0. The Kier molecular flexibility index (Phi) is 5.79. The molecule has 0 amide bonds. The van der Waals surface area contributed by atoms with Crippen molar-refractivity contribution in [1.82, 2.24) is 9.80 Å². The normalized spacial score (nSPS) is 28.2. The molecule has 0 aromatic rings. The van der Waals surface area contributed by atoms with E-state index in [-0.39, 0.29) is 5.83 Å². The highest BCUT2D eigenvalue weighted by Crippen LogP contribution is 2.25. The second kappa shape index (κ2) is 7.37. The number of halogens is 1. The van der Waals surface area contributed by atoms with Crippen molar-refractivity contribution in [2.45, 2.75) is 58.0 Å². The molecule has 3 heteroatoms. The van der Waals surface area contributed by atoms with Crippen molar-refractivity contribution in [1.29, 1.82) is 0 Å². The number of allylic oxidation sites excluding steroid dienone is 1. The van der Waals surface area contributed by atoms with Crippen LogP contribution >= 0.6 is 0 Å². The Morgan fingerprint density at radius 1 is 1.20 bits per heavy atom. The molecule has 1 atom stereocenters. The zero-order valence-electron chi connectivity index (χ0n) is 13.1. The van der Waals surface area contributed by atoms with Gasteiger partial charge in [-0.25, -0.2) is 4.39 Å². The molecular formula is C17H29FN2. The van der Waals surface area contributed by atoms with Gasteiger partial charge in [0.1, 0.15) is 5.83 Å². The molecule has 2 fully saturated rings. The van der Waals surface area contributed by atoms with Crippen molar-refractivity contribution in [3.63, 3.8) is 0 Å². The largest absolute Gasteiger partial charge is 0.299 e. The van der Waals surface area contributed by atoms with E-state index < -0.39 is 0 Å². The molecule has 2 nitrogen and oxygen atoms in total. The van der Waals surface area contributed by atoms with Gasteiger partial charge in [0, 0.05) is 18.6 Å². The Bertz CT molecular complexity index is 352. The van der Waals surface area contributed by atoms with E-state index >= 15 is 0 Å². The van der Waals surface area contributed by atoms with E-state index in [0.29, 0.717) is 6.54 Å². The van der Waals surface area contributed by atoms with Crippen molar-refractivity contribution < 1.29 is 4.39 Å². The second-order valence-electron chi connectivity index (χ2n) is 6.35. The van der Waals surface area contributed by atoms with Crippen molar-refractivity contribution >= 4 is 0 Å². The maximum Gasteiger partial charge on any atom is 0.101 e. The molecule has 0 saturated carbocycles. The highest BCUT2D eigenvalue weighted by molar-refractivity contribution is 5.20. The van der Waals surface area contributed by atoms with Crippen LogP contribution in [0.25, 0.3) is 0 Å². The monoisotopic (exact) mass is 280 g/mol. The standard InChI is InChI=1S/C17H29FN2/c1-4-16(15(3)18)13-19-11-8-17(9-12-19)20-10-6-5-7-14(20)2/h4,14,17H,1,5-13H2,2-3H3/b16-15-. The number of rotatable bonds is 4. The first-order valence-electron chi connectivity index (χ1n) is 8.07. The van der Waals surface area contributed by atoms with Gasteiger partial charge in [-0.05, 0) is 64.7 Å². The summed E-state index contributed by atoms with van der Waals surface area (Å²) in [6.45, 7) is 11.8. The van der Waals surface area contributed by atoms with Gasteiger partial charge < -0.3 is 0 Å². The fraction of sp³-hybridized carbons (Fsp3) is 0.765. The number of likely N-dealkylation sites (tertiary alicyclic amines) is 2. The molecule has 1 unspecified atom stereocenters. The van der Waals surface area contributed by atoms with Gasteiger partial charge >= 0.3 is 0 Å². The highest BCUT2D eigenvalue weighted by atomic mass is 19.1. The molecule has 2 rings (SSSR count). The summed E-state index contributed by atoms with van der Waals surface area (Å²) >= 11 is 0. The van der Waals surface area contributed by atoms with Gasteiger partial charge in [0.05, 0.1) is 0 Å². The van der Waals surface area contributed by atoms with Crippen molar-refractivity contribution in [3.05, 3.63) is 24.1 Å². The molecular weight excluding hydrogens is 251 g/mol. The first-order valence-corrected chi connectivity index (χ1v) is 8.07. The van der Waals surface area contributed by atoms with Crippen LogP contribution in [0.1, 0.15) is 46.0 Å². The maximum absolute atomic E-state index is 13.3. The van der Waals surface area contributed by atoms with E-state index in [2.05, 4.69) is 23.3 Å². The molecule has 0 aromatic heterocycles. The third-order valence-corrected chi connectivity index (χ3v) is 4.96. The number of nitrogens with zero attached hydrogens (tertiary/aromatic N) is 2. The van der Waals surface area contributed by atoms with Crippen molar-refractivity contribution in [2.75, 3.05) is 26.2 Å². The third-order valence-electron chi connectivity index (χ3n) is 4.96. The summed E-state index contributed by atoms with van der Waals surface area (Å²) in [5.74, 6) is -0.0909. The van der Waals surface area contributed by atoms with E-state index in [9.17, 15) is 4.39 Å². The third kappa shape index (κ3) is 3.92. The fourth-order valence-electron chi connectivity index (χ4n) is 3.63. The Hall–Kier alpha value is -0.670. The average molecular weight is 280 g/mol. The predicted octanol–water partition coefficient (Wildman–Crippen LogP) is 3.75. The Morgan fingerprint density at radius 2 is 1.90 bits per heavy atom. The average Bonchev–Trinajstić information content (AvgIpc) is 2.46. The minimum absolute atomic E-state index is 0.0909. The van der Waals surface area contributed by atoms with Crippen LogP contribution in [0, 0.1) is 0 Å². The van der Waals surface area contributed by atoms with E-state index in [0.717, 1.165) is 30.7 Å². The molecule has 0 spiro atoms. The Balaban J connectivity index is 1.83. The molecule has 2 aliphatic heterocycles. The minimum atomic E-state index is -0.0909. The summed E-state index contributed by atoms with van der Waals surface area (Å²) in [6, 6.07) is 1.49. The summed E-state index contributed by atoms with van der Waals surface area (Å²) in [4.78, 5) is 5.08. The second-order valence-corrected chi connectivity index (χ2v) is 6.35. The van der Waals surface area contributed by atoms with Crippen LogP contribution in [0.15, 0.2) is 24.1 Å². The number of hydrogen-bond acceptors (Lipinski definition) is 2. The predicted molar refractivity (Wildman–Crippen MR) is 83.5 cm³/mol. The fourth-order valence-corrected chi connectivity index (χ4v) is 3.63. The number of hydrogen-bond donors (Lipinski definition) is 0. The molecule has 20 heavy (non-hydrogen) atoms. The highest BCUT2D eigenvalue weighted by Gasteiger charge is 2.29. The van der Waals surface area contributed by atoms with Gasteiger partial charge in [0.2, 0.25) is 0 Å². The van der Waals surface area contributed by atoms with Gasteiger partial charge in [-0.1, -0.05) is 19.1 Å². The van der Waals surface area contributed by atoms with Crippen LogP contribution in [0.3, 0.4) is 0 Å². The van der Waals surface area contributed by atoms with Crippen LogP contribution in [0.5, 0.6) is 0 Å². The molecule has 114 valence electrons. The van der Waals surface area contributed by atoms with Crippen LogP contribution in [0.2, 0.25) is 0 Å². The van der Waals surface area contributed by atoms with Gasteiger partial charge in [0.25, 0.3) is 0 Å². The maximum atomic E-state index is 13.3. The number of piperidine rings is 2. The van der Waals surface area contributed by atoms with Crippen LogP contribution in [-0.2, 0) is 0 Å². The smallest absolute Gasteiger partial charge is 0.101 e. The van der Waals surface area contributed by atoms with Gasteiger partial charge in [-0.2, -0.15) is 0 Å². The van der Waals surface area contributed by atoms with Crippen molar-refractivity contribution in [3.8, 4) is 0 Å². The van der Waals surface area contributed by atoms with Crippen molar-refractivity contribution in [2.24, 2.45) is 0 Å². The lowest BCUT2D eigenvalue weighted by atomic mass is 9.95. The molecule has 0 bridgehead atoms. The van der Waals surface area contributed by atoms with E-state index in [4.69, 9.17) is 0 Å². The van der Waals surface area contributed by atoms with E-state index in [1.54, 1.807) is 6.08 Å². The van der Waals surface area contributed by atoms with Gasteiger partial charge in [-0.15, -0.1) is 0 Å². The van der Waals surface area contributed by atoms with Crippen LogP contribution in [0.4, 0.5) is 4.39 Å². The molecule has 2 heterocycles. The molecule has 2 aliphatic rings. The van der Waals surface area contributed by atoms with Gasteiger partial charge in [0.15, 0.2) is 0 Å². The molecule has 0 aliphatic carbocycles. The lowest BCUT2D eigenvalue weighted by Gasteiger charge is -2.43. The summed E-state index contributed by atoms with van der Waals surface area (Å²) in [5, 5.41) is 0.